The van der Waals surface area contributed by atoms with Gasteiger partial charge in [-0.05, 0) is 35.4 Å². The number of nitrogens with two attached hydrogens (primary N) is 1. The van der Waals surface area contributed by atoms with Crippen LogP contribution in [0, 0.1) is 0 Å². The first kappa shape index (κ1) is 21.2. The number of carbonyl (C=O) groups is 1. The molecule has 0 fully saturated rings. The van der Waals surface area contributed by atoms with Crippen LogP contribution in [-0.2, 0) is 13.2 Å². The number of ether oxygens (including phenoxy) is 3. The van der Waals surface area contributed by atoms with E-state index in [4.69, 9.17) is 19.9 Å². The van der Waals surface area contributed by atoms with Crippen LogP contribution in [0.1, 0.15) is 11.1 Å². The van der Waals surface area contributed by atoms with Crippen molar-refractivity contribution in [2.24, 2.45) is 5.73 Å². The van der Waals surface area contributed by atoms with Crippen LogP contribution in [0.5, 0.6) is 17.2 Å². The molecule has 30 heavy (non-hydrogen) atoms. The zero-order valence-electron chi connectivity index (χ0n) is 17.0. The summed E-state index contributed by atoms with van der Waals surface area (Å²) in [5, 5.41) is 0. The SMILES string of the molecule is COc1cc(CN(CCN)C(=O)Oc2ccccc2)ccc1OCc1ccccc1. The lowest BCUT2D eigenvalue weighted by molar-refractivity contribution is 0.150. The van der Waals surface area contributed by atoms with Crippen LogP contribution in [-0.4, -0.2) is 31.2 Å². The Morgan fingerprint density at radius 3 is 2.27 bits per heavy atom. The number of hydrogen-bond acceptors (Lipinski definition) is 5. The highest BCUT2D eigenvalue weighted by Gasteiger charge is 2.17. The summed E-state index contributed by atoms with van der Waals surface area (Å²) in [6.07, 6.45) is -0.449. The van der Waals surface area contributed by atoms with E-state index in [2.05, 4.69) is 0 Å². The Kier molecular flexibility index (Phi) is 7.69. The van der Waals surface area contributed by atoms with Crippen LogP contribution >= 0.6 is 0 Å². The molecule has 0 bridgehead atoms. The van der Waals surface area contributed by atoms with Crippen molar-refractivity contribution in [1.82, 2.24) is 4.90 Å². The number of para-hydroxylation sites is 1. The summed E-state index contributed by atoms with van der Waals surface area (Å²) >= 11 is 0. The minimum absolute atomic E-state index is 0.333. The van der Waals surface area contributed by atoms with Crippen molar-refractivity contribution in [3.05, 3.63) is 90.0 Å². The van der Waals surface area contributed by atoms with Gasteiger partial charge in [0, 0.05) is 19.6 Å². The highest BCUT2D eigenvalue weighted by molar-refractivity contribution is 5.70. The normalized spacial score (nSPS) is 10.3. The Morgan fingerprint density at radius 1 is 0.900 bits per heavy atom. The van der Waals surface area contributed by atoms with Gasteiger partial charge in [0.05, 0.1) is 7.11 Å². The van der Waals surface area contributed by atoms with Crippen molar-refractivity contribution < 1.29 is 19.0 Å². The zero-order valence-corrected chi connectivity index (χ0v) is 17.0. The smallest absolute Gasteiger partial charge is 0.415 e. The van der Waals surface area contributed by atoms with Gasteiger partial charge in [-0.15, -0.1) is 0 Å². The molecule has 0 atom stereocenters. The first-order valence-corrected chi connectivity index (χ1v) is 9.75. The van der Waals surface area contributed by atoms with Crippen LogP contribution in [0.2, 0.25) is 0 Å². The summed E-state index contributed by atoms with van der Waals surface area (Å²) in [5.74, 6) is 1.74. The van der Waals surface area contributed by atoms with Crippen LogP contribution in [0.25, 0.3) is 0 Å². The summed E-state index contributed by atoms with van der Waals surface area (Å²) in [6, 6.07) is 24.5. The van der Waals surface area contributed by atoms with Crippen molar-refractivity contribution >= 4 is 6.09 Å². The molecule has 0 saturated heterocycles. The Bertz CT molecular complexity index is 932. The van der Waals surface area contributed by atoms with E-state index >= 15 is 0 Å². The second-order valence-electron chi connectivity index (χ2n) is 6.65. The van der Waals surface area contributed by atoms with Crippen molar-refractivity contribution in [2.45, 2.75) is 13.2 Å². The van der Waals surface area contributed by atoms with Gasteiger partial charge in [-0.2, -0.15) is 0 Å². The first-order chi connectivity index (χ1) is 14.7. The maximum absolute atomic E-state index is 12.6. The van der Waals surface area contributed by atoms with E-state index in [-0.39, 0.29) is 0 Å². The van der Waals surface area contributed by atoms with E-state index < -0.39 is 6.09 Å². The molecule has 0 aliphatic heterocycles. The Hall–Kier alpha value is -3.51. The predicted octanol–water partition coefficient (Wildman–Crippen LogP) is 4.23. The minimum atomic E-state index is -0.449. The number of hydrogen-bond donors (Lipinski definition) is 1. The number of methoxy groups -OCH3 is 1. The fourth-order valence-electron chi connectivity index (χ4n) is 2.93. The molecular formula is C24H26N2O4. The topological polar surface area (TPSA) is 74.0 Å². The van der Waals surface area contributed by atoms with Crippen LogP contribution in [0.4, 0.5) is 4.79 Å². The van der Waals surface area contributed by atoms with Crippen molar-refractivity contribution in [3.8, 4) is 17.2 Å². The zero-order chi connectivity index (χ0) is 21.2. The Morgan fingerprint density at radius 2 is 1.60 bits per heavy atom. The molecule has 3 aromatic rings. The molecule has 6 nitrogen and oxygen atoms in total. The number of benzene rings is 3. The number of rotatable bonds is 9. The fraction of sp³-hybridized carbons (Fsp3) is 0.208. The molecule has 3 rings (SSSR count). The van der Waals surface area contributed by atoms with Crippen LogP contribution < -0.4 is 19.9 Å². The van der Waals surface area contributed by atoms with E-state index in [0.29, 0.717) is 43.5 Å². The third-order valence-corrected chi connectivity index (χ3v) is 4.44. The number of amides is 1. The number of carbonyl (C=O) groups excluding carboxylic acids is 1. The molecule has 3 aromatic carbocycles. The molecule has 0 unspecified atom stereocenters. The molecule has 2 N–H and O–H groups in total. The fourth-order valence-corrected chi connectivity index (χ4v) is 2.93. The largest absolute Gasteiger partial charge is 0.493 e. The van der Waals surface area contributed by atoms with Crippen molar-refractivity contribution in [2.75, 3.05) is 20.2 Å². The number of nitrogens with zero attached hydrogens (tertiary/aromatic N) is 1. The highest BCUT2D eigenvalue weighted by Crippen LogP contribution is 2.29. The third-order valence-electron chi connectivity index (χ3n) is 4.44. The molecule has 156 valence electrons. The molecular weight excluding hydrogens is 380 g/mol. The first-order valence-electron chi connectivity index (χ1n) is 9.75. The molecule has 0 heterocycles. The Labute approximate surface area is 176 Å². The lowest BCUT2D eigenvalue weighted by Gasteiger charge is -2.22. The van der Waals surface area contributed by atoms with E-state index in [1.54, 1.807) is 24.1 Å². The quantitative estimate of drug-likeness (QED) is 0.576. The maximum Gasteiger partial charge on any atom is 0.415 e. The maximum atomic E-state index is 12.6. The van der Waals surface area contributed by atoms with Crippen molar-refractivity contribution in [3.63, 3.8) is 0 Å². The van der Waals surface area contributed by atoms with Gasteiger partial charge < -0.3 is 24.8 Å². The second-order valence-corrected chi connectivity index (χ2v) is 6.65. The van der Waals surface area contributed by atoms with Crippen LogP contribution in [0.15, 0.2) is 78.9 Å². The molecule has 1 amide bonds. The lowest BCUT2D eigenvalue weighted by Crippen LogP contribution is -2.36. The van der Waals surface area contributed by atoms with Gasteiger partial charge in [0.25, 0.3) is 0 Å². The summed E-state index contributed by atoms with van der Waals surface area (Å²) in [4.78, 5) is 14.1. The van der Waals surface area contributed by atoms with E-state index in [1.165, 1.54) is 0 Å². The third kappa shape index (κ3) is 5.99. The van der Waals surface area contributed by atoms with Gasteiger partial charge in [0.1, 0.15) is 12.4 Å². The Balaban J connectivity index is 1.67. The van der Waals surface area contributed by atoms with E-state index in [1.807, 2.05) is 66.7 Å². The average molecular weight is 406 g/mol. The standard InChI is InChI=1S/C24H26N2O4/c1-28-23-16-20(12-13-22(23)29-18-19-8-4-2-5-9-19)17-26(15-14-25)24(27)30-21-10-6-3-7-11-21/h2-13,16H,14-15,17-18,25H2,1H3. The molecule has 6 heteroatoms. The monoisotopic (exact) mass is 406 g/mol. The summed E-state index contributed by atoms with van der Waals surface area (Å²) in [5.41, 5.74) is 7.65. The molecule has 0 aromatic heterocycles. The van der Waals surface area contributed by atoms with Gasteiger partial charge in [0.15, 0.2) is 11.5 Å². The minimum Gasteiger partial charge on any atom is -0.493 e. The van der Waals surface area contributed by atoms with Gasteiger partial charge in [-0.3, -0.25) is 0 Å². The summed E-state index contributed by atoms with van der Waals surface area (Å²) in [6.45, 7) is 1.50. The average Bonchev–Trinajstić information content (AvgIpc) is 2.79. The van der Waals surface area contributed by atoms with Gasteiger partial charge in [0.2, 0.25) is 0 Å². The summed E-state index contributed by atoms with van der Waals surface area (Å²) in [7, 11) is 1.59. The molecule has 0 aliphatic rings. The van der Waals surface area contributed by atoms with E-state index in [0.717, 1.165) is 11.1 Å². The molecule has 0 aliphatic carbocycles. The van der Waals surface area contributed by atoms with Gasteiger partial charge in [-0.1, -0.05) is 54.6 Å². The highest BCUT2D eigenvalue weighted by atomic mass is 16.6. The molecule has 0 saturated carbocycles. The molecule has 0 spiro atoms. The van der Waals surface area contributed by atoms with E-state index in [9.17, 15) is 4.79 Å². The van der Waals surface area contributed by atoms with Gasteiger partial charge >= 0.3 is 6.09 Å². The van der Waals surface area contributed by atoms with Crippen molar-refractivity contribution in [1.29, 1.82) is 0 Å². The second kappa shape index (κ2) is 10.9. The predicted molar refractivity (Wildman–Crippen MR) is 116 cm³/mol. The lowest BCUT2D eigenvalue weighted by atomic mass is 10.2. The molecule has 0 radical (unpaired) electrons. The van der Waals surface area contributed by atoms with Gasteiger partial charge in [-0.25, -0.2) is 4.79 Å². The van der Waals surface area contributed by atoms with Crippen LogP contribution in [0.3, 0.4) is 0 Å². The summed E-state index contributed by atoms with van der Waals surface area (Å²) < 4.78 is 16.8.